The molecule has 0 spiro atoms. The number of rotatable bonds is 4. The van der Waals surface area contributed by atoms with Crippen LogP contribution >= 0.6 is 22.9 Å². The third kappa shape index (κ3) is 3.77. The zero-order valence-corrected chi connectivity index (χ0v) is 13.3. The number of nitrogens with zero attached hydrogens (tertiary/aromatic N) is 1. The number of nitrogens with one attached hydrogen (secondary N) is 1. The number of thiazole rings is 1. The summed E-state index contributed by atoms with van der Waals surface area (Å²) in [7, 11) is -3.74. The maximum Gasteiger partial charge on any atom is 0.274 e. The lowest BCUT2D eigenvalue weighted by molar-refractivity contribution is 0.569. The highest BCUT2D eigenvalue weighted by Gasteiger charge is 2.18. The van der Waals surface area contributed by atoms with E-state index in [9.17, 15) is 8.42 Å². The third-order valence-electron chi connectivity index (χ3n) is 2.66. The Balaban J connectivity index is 2.32. The standard InChI is InChI=1S/C12H14ClN3O2S2/c1-7-11(8(2)16-20(14,17)18)19-12(15-7)9-3-5-10(13)6-4-9/h3-6,8,16H,1-2H3,(H2,14,17,18)/t8-/m1/s1. The SMILES string of the molecule is Cc1nc(-c2ccc(Cl)cc2)sc1[C@@H](C)NS(N)(=O)=O. The van der Waals surface area contributed by atoms with Crippen molar-refractivity contribution in [1.29, 1.82) is 0 Å². The first-order valence-electron chi connectivity index (χ1n) is 5.79. The maximum absolute atomic E-state index is 11.1. The van der Waals surface area contributed by atoms with Gasteiger partial charge < -0.3 is 0 Å². The van der Waals surface area contributed by atoms with E-state index < -0.39 is 16.3 Å². The Kier molecular flexibility index (Phi) is 4.46. The molecule has 108 valence electrons. The summed E-state index contributed by atoms with van der Waals surface area (Å²) < 4.78 is 24.5. The number of hydrogen-bond donors (Lipinski definition) is 2. The predicted molar refractivity (Wildman–Crippen MR) is 82.0 cm³/mol. The molecule has 0 amide bonds. The molecule has 0 radical (unpaired) electrons. The Hall–Kier alpha value is -0.990. The molecule has 3 N–H and O–H groups in total. The van der Waals surface area contributed by atoms with Crippen molar-refractivity contribution < 1.29 is 8.42 Å². The molecule has 1 heterocycles. The molecule has 1 aromatic carbocycles. The van der Waals surface area contributed by atoms with Crippen molar-refractivity contribution in [2.24, 2.45) is 5.14 Å². The van der Waals surface area contributed by atoms with Crippen LogP contribution in [0, 0.1) is 6.92 Å². The van der Waals surface area contributed by atoms with Gasteiger partial charge in [-0.3, -0.25) is 0 Å². The van der Waals surface area contributed by atoms with E-state index in [0.717, 1.165) is 21.1 Å². The van der Waals surface area contributed by atoms with E-state index in [0.29, 0.717) is 5.02 Å². The minimum atomic E-state index is -3.74. The number of hydrogen-bond acceptors (Lipinski definition) is 4. The predicted octanol–water partition coefficient (Wildman–Crippen LogP) is 2.63. The van der Waals surface area contributed by atoms with Crippen molar-refractivity contribution >= 4 is 33.1 Å². The second kappa shape index (κ2) is 5.79. The van der Waals surface area contributed by atoms with Crippen molar-refractivity contribution in [1.82, 2.24) is 9.71 Å². The highest BCUT2D eigenvalue weighted by atomic mass is 35.5. The monoisotopic (exact) mass is 331 g/mol. The van der Waals surface area contributed by atoms with Gasteiger partial charge in [-0.25, -0.2) is 10.1 Å². The molecule has 0 aliphatic rings. The lowest BCUT2D eigenvalue weighted by atomic mass is 10.2. The first kappa shape index (κ1) is 15.4. The van der Waals surface area contributed by atoms with Crippen LogP contribution in [0.15, 0.2) is 24.3 Å². The molecule has 20 heavy (non-hydrogen) atoms. The van der Waals surface area contributed by atoms with Gasteiger partial charge in [0.1, 0.15) is 5.01 Å². The van der Waals surface area contributed by atoms with Crippen LogP contribution < -0.4 is 9.86 Å². The second-order valence-electron chi connectivity index (χ2n) is 4.36. The average Bonchev–Trinajstić information content (AvgIpc) is 2.70. The number of benzene rings is 1. The molecule has 0 bridgehead atoms. The fourth-order valence-electron chi connectivity index (χ4n) is 1.83. The van der Waals surface area contributed by atoms with Gasteiger partial charge in [0.05, 0.1) is 11.7 Å². The first-order chi connectivity index (χ1) is 9.26. The zero-order chi connectivity index (χ0) is 14.9. The smallest absolute Gasteiger partial charge is 0.241 e. The second-order valence-corrected chi connectivity index (χ2v) is 7.15. The van der Waals surface area contributed by atoms with Gasteiger partial charge in [0.15, 0.2) is 0 Å². The minimum absolute atomic E-state index is 0.413. The molecule has 2 rings (SSSR count). The fourth-order valence-corrected chi connectivity index (χ4v) is 3.71. The fraction of sp³-hybridized carbons (Fsp3) is 0.250. The molecule has 5 nitrogen and oxygen atoms in total. The number of halogens is 1. The van der Waals surface area contributed by atoms with Crippen LogP contribution in [0.5, 0.6) is 0 Å². The van der Waals surface area contributed by atoms with Crippen LogP contribution in [-0.4, -0.2) is 13.4 Å². The maximum atomic E-state index is 11.1. The Bertz CT molecular complexity index is 711. The van der Waals surface area contributed by atoms with Crippen LogP contribution in [0.2, 0.25) is 5.02 Å². The van der Waals surface area contributed by atoms with Crippen LogP contribution in [0.4, 0.5) is 0 Å². The molecular formula is C12H14ClN3O2S2. The van der Waals surface area contributed by atoms with Crippen molar-refractivity contribution in [2.75, 3.05) is 0 Å². The van der Waals surface area contributed by atoms with E-state index in [2.05, 4.69) is 9.71 Å². The summed E-state index contributed by atoms with van der Waals surface area (Å²) in [6.07, 6.45) is 0. The molecule has 0 fully saturated rings. The number of nitrogens with two attached hydrogens (primary N) is 1. The molecule has 0 aliphatic carbocycles. The molecule has 0 saturated heterocycles. The van der Waals surface area contributed by atoms with Gasteiger partial charge in [-0.1, -0.05) is 23.7 Å². The molecular weight excluding hydrogens is 318 g/mol. The van der Waals surface area contributed by atoms with Crippen LogP contribution in [0.25, 0.3) is 10.6 Å². The molecule has 0 aliphatic heterocycles. The highest BCUT2D eigenvalue weighted by Crippen LogP contribution is 2.32. The van der Waals surface area contributed by atoms with Crippen LogP contribution in [0.1, 0.15) is 23.5 Å². The lowest BCUT2D eigenvalue weighted by Crippen LogP contribution is -2.32. The highest BCUT2D eigenvalue weighted by molar-refractivity contribution is 7.87. The van der Waals surface area contributed by atoms with Gasteiger partial charge in [-0.2, -0.15) is 13.1 Å². The Morgan fingerprint density at radius 2 is 1.95 bits per heavy atom. The van der Waals surface area contributed by atoms with Crippen LogP contribution in [-0.2, 0) is 10.2 Å². The molecule has 1 aromatic heterocycles. The van der Waals surface area contributed by atoms with E-state index in [1.807, 2.05) is 19.1 Å². The van der Waals surface area contributed by atoms with Crippen molar-refractivity contribution in [3.63, 3.8) is 0 Å². The lowest BCUT2D eigenvalue weighted by Gasteiger charge is -2.09. The quantitative estimate of drug-likeness (QED) is 0.903. The summed E-state index contributed by atoms with van der Waals surface area (Å²) in [5.41, 5.74) is 1.72. The minimum Gasteiger partial charge on any atom is -0.241 e. The van der Waals surface area contributed by atoms with Gasteiger partial charge in [-0.15, -0.1) is 11.3 Å². The summed E-state index contributed by atoms with van der Waals surface area (Å²) in [6, 6.07) is 6.92. The van der Waals surface area contributed by atoms with Crippen molar-refractivity contribution in [3.8, 4) is 10.6 Å². The summed E-state index contributed by atoms with van der Waals surface area (Å²) in [6.45, 7) is 3.57. The normalized spacial score (nSPS) is 13.4. The molecule has 1 atom stereocenters. The topological polar surface area (TPSA) is 85.1 Å². The van der Waals surface area contributed by atoms with Gasteiger partial charge in [0.25, 0.3) is 10.2 Å². The van der Waals surface area contributed by atoms with Gasteiger partial charge in [-0.05, 0) is 26.0 Å². The summed E-state index contributed by atoms with van der Waals surface area (Å²) in [5, 5.41) is 6.46. The van der Waals surface area contributed by atoms with E-state index in [4.69, 9.17) is 16.7 Å². The van der Waals surface area contributed by atoms with Gasteiger partial charge in [0.2, 0.25) is 0 Å². The Morgan fingerprint density at radius 3 is 2.50 bits per heavy atom. The first-order valence-corrected chi connectivity index (χ1v) is 8.53. The Morgan fingerprint density at radius 1 is 1.35 bits per heavy atom. The van der Waals surface area contributed by atoms with E-state index in [-0.39, 0.29) is 0 Å². The largest absolute Gasteiger partial charge is 0.274 e. The van der Waals surface area contributed by atoms with Gasteiger partial charge >= 0.3 is 0 Å². The molecule has 0 saturated carbocycles. The third-order valence-corrected chi connectivity index (χ3v) is 4.98. The molecule has 8 heteroatoms. The summed E-state index contributed by atoms with van der Waals surface area (Å²) >= 11 is 7.28. The van der Waals surface area contributed by atoms with E-state index >= 15 is 0 Å². The van der Waals surface area contributed by atoms with Crippen LogP contribution in [0.3, 0.4) is 0 Å². The zero-order valence-electron chi connectivity index (χ0n) is 10.9. The number of aryl methyl sites for hydroxylation is 1. The van der Waals surface area contributed by atoms with E-state index in [1.54, 1.807) is 19.1 Å². The van der Waals surface area contributed by atoms with Crippen molar-refractivity contribution in [3.05, 3.63) is 39.9 Å². The average molecular weight is 332 g/mol. The molecule has 2 aromatic rings. The van der Waals surface area contributed by atoms with Crippen molar-refractivity contribution in [2.45, 2.75) is 19.9 Å². The summed E-state index contributed by atoms with van der Waals surface area (Å²) in [5.74, 6) is 0. The van der Waals surface area contributed by atoms with Gasteiger partial charge in [0, 0.05) is 15.5 Å². The molecule has 0 unspecified atom stereocenters. The Labute approximate surface area is 127 Å². The summed E-state index contributed by atoms with van der Waals surface area (Å²) in [4.78, 5) is 5.30. The number of aromatic nitrogens is 1. The van der Waals surface area contributed by atoms with E-state index in [1.165, 1.54) is 11.3 Å².